The van der Waals surface area contributed by atoms with Crippen LogP contribution in [0.1, 0.15) is 19.8 Å². The second-order valence-corrected chi connectivity index (χ2v) is 4.13. The topological polar surface area (TPSA) is 32.3 Å². The zero-order valence-electron chi connectivity index (χ0n) is 8.12. The van der Waals surface area contributed by atoms with E-state index in [0.29, 0.717) is 6.42 Å². The predicted octanol–water partition coefficient (Wildman–Crippen LogP) is 0.517. The number of hydrogen-bond donors (Lipinski definition) is 2. The molecule has 0 radical (unpaired) electrons. The van der Waals surface area contributed by atoms with E-state index in [0.717, 1.165) is 32.6 Å². The quantitative estimate of drug-likeness (QED) is 0.654. The van der Waals surface area contributed by atoms with E-state index in [2.05, 4.69) is 24.9 Å². The average molecular weight is 202 g/mol. The molecule has 4 heteroatoms. The molecule has 76 valence electrons. The Morgan fingerprint density at radius 1 is 1.54 bits per heavy atom. The number of thiol groups is 1. The molecule has 1 atom stereocenters. The van der Waals surface area contributed by atoms with Crippen molar-refractivity contribution in [2.24, 2.45) is 0 Å². The minimum Gasteiger partial charge on any atom is -0.340 e. The first-order valence-corrected chi connectivity index (χ1v) is 5.42. The summed E-state index contributed by atoms with van der Waals surface area (Å²) in [7, 11) is 0. The third-order valence-electron chi connectivity index (χ3n) is 2.35. The van der Waals surface area contributed by atoms with Gasteiger partial charge in [-0.2, -0.15) is 12.6 Å². The molecule has 0 bridgehead atoms. The maximum Gasteiger partial charge on any atom is 0.223 e. The number of carbonyl (C=O) groups excluding carboxylic acids is 1. The number of piperazine rings is 1. The molecule has 1 aliphatic rings. The standard InChI is InChI=1S/C9H18N2OS/c1-2-8(13)7-9(12)11-5-3-10-4-6-11/h8,10,13H,2-7H2,1H3. The molecule has 1 saturated heterocycles. The minimum atomic E-state index is 0.224. The Hall–Kier alpha value is -0.220. The van der Waals surface area contributed by atoms with Gasteiger partial charge in [-0.3, -0.25) is 4.79 Å². The number of carbonyl (C=O) groups is 1. The summed E-state index contributed by atoms with van der Waals surface area (Å²) in [4.78, 5) is 13.5. The molecule has 0 aromatic carbocycles. The lowest BCUT2D eigenvalue weighted by Gasteiger charge is -2.28. The Morgan fingerprint density at radius 2 is 2.15 bits per heavy atom. The van der Waals surface area contributed by atoms with E-state index in [1.807, 2.05) is 4.90 Å². The van der Waals surface area contributed by atoms with Crippen LogP contribution in [-0.4, -0.2) is 42.2 Å². The first kappa shape index (κ1) is 10.9. The van der Waals surface area contributed by atoms with E-state index in [1.54, 1.807) is 0 Å². The Labute approximate surface area is 85.3 Å². The summed E-state index contributed by atoms with van der Waals surface area (Å²) in [6.07, 6.45) is 1.54. The number of hydrogen-bond acceptors (Lipinski definition) is 3. The van der Waals surface area contributed by atoms with Gasteiger partial charge >= 0.3 is 0 Å². The van der Waals surface area contributed by atoms with E-state index in [-0.39, 0.29) is 11.2 Å². The van der Waals surface area contributed by atoms with Gasteiger partial charge in [0.25, 0.3) is 0 Å². The van der Waals surface area contributed by atoms with Crippen LogP contribution in [0.4, 0.5) is 0 Å². The molecule has 0 saturated carbocycles. The molecular formula is C9H18N2OS. The molecule has 1 amide bonds. The zero-order valence-corrected chi connectivity index (χ0v) is 9.02. The monoisotopic (exact) mass is 202 g/mol. The van der Waals surface area contributed by atoms with Crippen molar-refractivity contribution >= 4 is 18.5 Å². The van der Waals surface area contributed by atoms with E-state index < -0.39 is 0 Å². The fraction of sp³-hybridized carbons (Fsp3) is 0.889. The van der Waals surface area contributed by atoms with Crippen LogP contribution in [-0.2, 0) is 4.79 Å². The molecule has 1 N–H and O–H groups in total. The van der Waals surface area contributed by atoms with Crippen molar-refractivity contribution in [1.82, 2.24) is 10.2 Å². The second-order valence-electron chi connectivity index (χ2n) is 3.40. The summed E-state index contributed by atoms with van der Waals surface area (Å²) in [5, 5.41) is 3.45. The fourth-order valence-corrected chi connectivity index (χ4v) is 1.55. The SMILES string of the molecule is CCC(S)CC(=O)N1CCNCC1. The lowest BCUT2D eigenvalue weighted by Crippen LogP contribution is -2.46. The van der Waals surface area contributed by atoms with Crippen LogP contribution < -0.4 is 5.32 Å². The van der Waals surface area contributed by atoms with Crippen molar-refractivity contribution in [3.8, 4) is 0 Å². The Bertz CT molecular complexity index is 169. The van der Waals surface area contributed by atoms with Gasteiger partial charge in [-0.05, 0) is 6.42 Å². The molecule has 13 heavy (non-hydrogen) atoms. The lowest BCUT2D eigenvalue weighted by molar-refractivity contribution is -0.131. The van der Waals surface area contributed by atoms with Crippen LogP contribution in [0.3, 0.4) is 0 Å². The van der Waals surface area contributed by atoms with Gasteiger partial charge in [0, 0.05) is 37.8 Å². The van der Waals surface area contributed by atoms with Gasteiger partial charge in [0.15, 0.2) is 0 Å². The highest BCUT2D eigenvalue weighted by Gasteiger charge is 2.17. The Morgan fingerprint density at radius 3 is 2.69 bits per heavy atom. The van der Waals surface area contributed by atoms with Crippen LogP contribution in [0.5, 0.6) is 0 Å². The molecule has 1 fully saturated rings. The molecule has 0 aliphatic carbocycles. The van der Waals surface area contributed by atoms with Crippen molar-refractivity contribution in [2.75, 3.05) is 26.2 Å². The number of nitrogens with one attached hydrogen (secondary N) is 1. The van der Waals surface area contributed by atoms with Crippen LogP contribution >= 0.6 is 12.6 Å². The molecule has 1 aliphatic heterocycles. The van der Waals surface area contributed by atoms with Crippen molar-refractivity contribution in [1.29, 1.82) is 0 Å². The summed E-state index contributed by atoms with van der Waals surface area (Å²) >= 11 is 4.33. The third kappa shape index (κ3) is 3.56. The van der Waals surface area contributed by atoms with E-state index in [4.69, 9.17) is 0 Å². The highest BCUT2D eigenvalue weighted by Crippen LogP contribution is 2.08. The van der Waals surface area contributed by atoms with Crippen molar-refractivity contribution < 1.29 is 4.79 Å². The second kappa shape index (κ2) is 5.50. The zero-order chi connectivity index (χ0) is 9.68. The van der Waals surface area contributed by atoms with Gasteiger partial charge < -0.3 is 10.2 Å². The summed E-state index contributed by atoms with van der Waals surface area (Å²) in [6, 6.07) is 0. The highest BCUT2D eigenvalue weighted by atomic mass is 32.1. The fourth-order valence-electron chi connectivity index (χ4n) is 1.39. The van der Waals surface area contributed by atoms with Gasteiger partial charge in [0.05, 0.1) is 0 Å². The maximum atomic E-state index is 11.6. The highest BCUT2D eigenvalue weighted by molar-refractivity contribution is 7.81. The van der Waals surface area contributed by atoms with E-state index in [1.165, 1.54) is 0 Å². The third-order valence-corrected chi connectivity index (χ3v) is 2.90. The number of nitrogens with zero attached hydrogens (tertiary/aromatic N) is 1. The first-order chi connectivity index (χ1) is 6.24. The Kier molecular flexibility index (Phi) is 4.59. The maximum absolute atomic E-state index is 11.6. The molecule has 3 nitrogen and oxygen atoms in total. The van der Waals surface area contributed by atoms with E-state index >= 15 is 0 Å². The van der Waals surface area contributed by atoms with Crippen molar-refractivity contribution in [3.63, 3.8) is 0 Å². The summed E-state index contributed by atoms with van der Waals surface area (Å²) in [6.45, 7) is 5.61. The molecule has 0 spiro atoms. The first-order valence-electron chi connectivity index (χ1n) is 4.90. The van der Waals surface area contributed by atoms with Crippen LogP contribution in [0, 0.1) is 0 Å². The van der Waals surface area contributed by atoms with Gasteiger partial charge in [-0.25, -0.2) is 0 Å². The molecule has 1 rings (SSSR count). The summed E-state index contributed by atoms with van der Waals surface area (Å²) < 4.78 is 0. The smallest absolute Gasteiger partial charge is 0.223 e. The average Bonchev–Trinajstić information content (AvgIpc) is 2.19. The number of rotatable bonds is 3. The molecule has 0 aromatic heterocycles. The lowest BCUT2D eigenvalue weighted by atomic mass is 10.2. The summed E-state index contributed by atoms with van der Waals surface area (Å²) in [5.41, 5.74) is 0. The van der Waals surface area contributed by atoms with Crippen molar-refractivity contribution in [3.05, 3.63) is 0 Å². The normalized spacial score (nSPS) is 20.0. The molecule has 1 heterocycles. The van der Waals surface area contributed by atoms with Gasteiger partial charge in [0.2, 0.25) is 5.91 Å². The van der Waals surface area contributed by atoms with Gasteiger partial charge in [-0.15, -0.1) is 0 Å². The molecule has 1 unspecified atom stereocenters. The molecule has 0 aromatic rings. The molecular weight excluding hydrogens is 184 g/mol. The van der Waals surface area contributed by atoms with Crippen LogP contribution in [0.2, 0.25) is 0 Å². The summed E-state index contributed by atoms with van der Waals surface area (Å²) in [5.74, 6) is 0.253. The van der Waals surface area contributed by atoms with Gasteiger partial charge in [-0.1, -0.05) is 6.92 Å². The van der Waals surface area contributed by atoms with Gasteiger partial charge in [0.1, 0.15) is 0 Å². The predicted molar refractivity (Wildman–Crippen MR) is 57.1 cm³/mol. The number of amides is 1. The largest absolute Gasteiger partial charge is 0.340 e. The van der Waals surface area contributed by atoms with Crippen LogP contribution in [0.25, 0.3) is 0 Å². The Balaban J connectivity index is 2.29. The minimum absolute atomic E-state index is 0.224. The van der Waals surface area contributed by atoms with Crippen LogP contribution in [0.15, 0.2) is 0 Å². The van der Waals surface area contributed by atoms with E-state index in [9.17, 15) is 4.79 Å². The van der Waals surface area contributed by atoms with Crippen molar-refractivity contribution in [2.45, 2.75) is 25.0 Å².